The molecule has 22 heavy (non-hydrogen) atoms. The van der Waals surface area contributed by atoms with Crippen LogP contribution < -0.4 is 10.2 Å². The molecule has 0 atom stereocenters. The van der Waals surface area contributed by atoms with Crippen LogP contribution in [0.2, 0.25) is 0 Å². The van der Waals surface area contributed by atoms with Crippen molar-refractivity contribution < 1.29 is 9.59 Å². The fraction of sp³-hybridized carbons (Fsp3) is 0.529. The SMILES string of the molecule is CCCN(CCC)CC(=O)Nc1ccc(N(C)C(C)=O)cc1. The summed E-state index contributed by atoms with van der Waals surface area (Å²) in [7, 11) is 1.73. The fourth-order valence-corrected chi connectivity index (χ4v) is 2.26. The molecule has 0 bridgehead atoms. The van der Waals surface area contributed by atoms with E-state index in [1.165, 1.54) is 6.92 Å². The lowest BCUT2D eigenvalue weighted by Crippen LogP contribution is -2.34. The minimum absolute atomic E-state index is 0.00503. The minimum atomic E-state index is -0.0217. The molecule has 1 N–H and O–H groups in total. The van der Waals surface area contributed by atoms with Gasteiger partial charge in [0.25, 0.3) is 0 Å². The van der Waals surface area contributed by atoms with Crippen molar-refractivity contribution in [2.24, 2.45) is 0 Å². The lowest BCUT2D eigenvalue weighted by Gasteiger charge is -2.20. The highest BCUT2D eigenvalue weighted by Crippen LogP contribution is 2.17. The standard InChI is InChI=1S/C17H27N3O2/c1-5-11-20(12-6-2)13-17(22)18-15-7-9-16(10-8-15)19(4)14(3)21/h7-10H,5-6,11-13H2,1-4H3,(H,18,22). The molecule has 0 heterocycles. The number of nitrogens with one attached hydrogen (secondary N) is 1. The Hall–Kier alpha value is -1.88. The highest BCUT2D eigenvalue weighted by molar-refractivity contribution is 5.93. The van der Waals surface area contributed by atoms with Crippen LogP contribution in [0, 0.1) is 0 Å². The summed E-state index contributed by atoms with van der Waals surface area (Å²) in [6.45, 7) is 8.03. The van der Waals surface area contributed by atoms with Crippen molar-refractivity contribution in [2.45, 2.75) is 33.6 Å². The van der Waals surface area contributed by atoms with Crippen molar-refractivity contribution >= 4 is 23.2 Å². The molecule has 0 spiro atoms. The van der Waals surface area contributed by atoms with E-state index in [2.05, 4.69) is 24.1 Å². The molecule has 2 amide bonds. The zero-order valence-electron chi connectivity index (χ0n) is 14.1. The lowest BCUT2D eigenvalue weighted by molar-refractivity contribution is -0.117. The Labute approximate surface area is 133 Å². The highest BCUT2D eigenvalue weighted by Gasteiger charge is 2.10. The van der Waals surface area contributed by atoms with Crippen molar-refractivity contribution in [3.63, 3.8) is 0 Å². The molecule has 122 valence electrons. The monoisotopic (exact) mass is 305 g/mol. The van der Waals surface area contributed by atoms with E-state index in [1.807, 2.05) is 24.3 Å². The number of hydrogen-bond acceptors (Lipinski definition) is 3. The number of hydrogen-bond donors (Lipinski definition) is 1. The van der Waals surface area contributed by atoms with Crippen molar-refractivity contribution in [3.05, 3.63) is 24.3 Å². The number of anilines is 2. The van der Waals surface area contributed by atoms with Crippen molar-refractivity contribution in [3.8, 4) is 0 Å². The molecular formula is C17H27N3O2. The topological polar surface area (TPSA) is 52.7 Å². The van der Waals surface area contributed by atoms with Crippen LogP contribution >= 0.6 is 0 Å². The van der Waals surface area contributed by atoms with Crippen molar-refractivity contribution in [1.82, 2.24) is 4.90 Å². The van der Waals surface area contributed by atoms with Crippen molar-refractivity contribution in [2.75, 3.05) is 36.9 Å². The van der Waals surface area contributed by atoms with Crippen LogP contribution in [0.5, 0.6) is 0 Å². The first kappa shape index (κ1) is 18.2. The summed E-state index contributed by atoms with van der Waals surface area (Å²) in [6, 6.07) is 7.28. The Kier molecular flexibility index (Phi) is 7.60. The van der Waals surface area contributed by atoms with Gasteiger partial charge in [0.1, 0.15) is 0 Å². The van der Waals surface area contributed by atoms with Gasteiger partial charge in [0.15, 0.2) is 0 Å². The summed E-state index contributed by atoms with van der Waals surface area (Å²) in [4.78, 5) is 27.1. The van der Waals surface area contributed by atoms with Gasteiger partial charge in [-0.15, -0.1) is 0 Å². The molecule has 1 aromatic carbocycles. The van der Waals surface area contributed by atoms with Crippen LogP contribution in [-0.4, -0.2) is 43.4 Å². The van der Waals surface area contributed by atoms with Crippen LogP contribution in [0.15, 0.2) is 24.3 Å². The first-order valence-corrected chi connectivity index (χ1v) is 7.84. The Morgan fingerprint density at radius 1 is 1.05 bits per heavy atom. The van der Waals surface area contributed by atoms with Gasteiger partial charge >= 0.3 is 0 Å². The van der Waals surface area contributed by atoms with Crippen LogP contribution in [0.25, 0.3) is 0 Å². The summed E-state index contributed by atoms with van der Waals surface area (Å²) >= 11 is 0. The average molecular weight is 305 g/mol. The highest BCUT2D eigenvalue weighted by atomic mass is 16.2. The maximum absolute atomic E-state index is 12.1. The maximum Gasteiger partial charge on any atom is 0.238 e. The molecule has 0 aliphatic carbocycles. The third-order valence-corrected chi connectivity index (χ3v) is 3.46. The van der Waals surface area contributed by atoms with Crippen molar-refractivity contribution in [1.29, 1.82) is 0 Å². The number of carbonyl (C=O) groups excluding carboxylic acids is 2. The Morgan fingerprint density at radius 3 is 2.05 bits per heavy atom. The minimum Gasteiger partial charge on any atom is -0.325 e. The van der Waals surface area contributed by atoms with Crippen LogP contribution in [0.4, 0.5) is 11.4 Å². The molecule has 5 nitrogen and oxygen atoms in total. The lowest BCUT2D eigenvalue weighted by atomic mass is 10.2. The molecular weight excluding hydrogens is 278 g/mol. The molecule has 0 fully saturated rings. The number of amides is 2. The molecule has 0 aliphatic rings. The smallest absolute Gasteiger partial charge is 0.238 e. The van der Waals surface area contributed by atoms with E-state index in [0.29, 0.717) is 6.54 Å². The number of benzene rings is 1. The molecule has 5 heteroatoms. The summed E-state index contributed by atoms with van der Waals surface area (Å²) in [5, 5.41) is 2.90. The summed E-state index contributed by atoms with van der Waals surface area (Å²) < 4.78 is 0. The molecule has 1 rings (SSSR count). The van der Waals surface area contributed by atoms with E-state index < -0.39 is 0 Å². The second-order valence-corrected chi connectivity index (χ2v) is 5.45. The molecule has 0 radical (unpaired) electrons. The zero-order chi connectivity index (χ0) is 16.5. The molecule has 0 unspecified atom stereocenters. The van der Waals surface area contributed by atoms with Gasteiger partial charge in [-0.3, -0.25) is 14.5 Å². The van der Waals surface area contributed by atoms with E-state index in [0.717, 1.165) is 37.3 Å². The average Bonchev–Trinajstić information content (AvgIpc) is 2.47. The quantitative estimate of drug-likeness (QED) is 0.803. The normalized spacial score (nSPS) is 10.6. The first-order chi connectivity index (χ1) is 10.5. The molecule has 0 aliphatic heterocycles. The maximum atomic E-state index is 12.1. The predicted molar refractivity (Wildman–Crippen MR) is 91.2 cm³/mol. The fourth-order valence-electron chi connectivity index (χ4n) is 2.26. The first-order valence-electron chi connectivity index (χ1n) is 7.84. The number of rotatable bonds is 8. The number of nitrogens with zero attached hydrogens (tertiary/aromatic N) is 2. The second kappa shape index (κ2) is 9.20. The Balaban J connectivity index is 2.59. The number of carbonyl (C=O) groups is 2. The largest absolute Gasteiger partial charge is 0.325 e. The van der Waals surface area contributed by atoms with E-state index in [-0.39, 0.29) is 11.8 Å². The Bertz CT molecular complexity index is 479. The molecule has 0 saturated carbocycles. The molecule has 0 aromatic heterocycles. The van der Waals surface area contributed by atoms with E-state index in [9.17, 15) is 9.59 Å². The van der Waals surface area contributed by atoms with Gasteiger partial charge in [-0.1, -0.05) is 13.8 Å². The van der Waals surface area contributed by atoms with E-state index in [4.69, 9.17) is 0 Å². The second-order valence-electron chi connectivity index (χ2n) is 5.45. The van der Waals surface area contributed by atoms with Gasteiger partial charge in [-0.2, -0.15) is 0 Å². The van der Waals surface area contributed by atoms with Crippen LogP contribution in [0.3, 0.4) is 0 Å². The van der Waals surface area contributed by atoms with Gasteiger partial charge < -0.3 is 10.2 Å². The molecule has 0 saturated heterocycles. The zero-order valence-corrected chi connectivity index (χ0v) is 14.1. The third-order valence-electron chi connectivity index (χ3n) is 3.46. The van der Waals surface area contributed by atoms with Gasteiger partial charge in [-0.05, 0) is 50.2 Å². The summed E-state index contributed by atoms with van der Waals surface area (Å²) in [5.41, 5.74) is 1.56. The van der Waals surface area contributed by atoms with Crippen LogP contribution in [0.1, 0.15) is 33.6 Å². The van der Waals surface area contributed by atoms with Gasteiger partial charge in [0.2, 0.25) is 11.8 Å². The van der Waals surface area contributed by atoms with Crippen LogP contribution in [-0.2, 0) is 9.59 Å². The van der Waals surface area contributed by atoms with Gasteiger partial charge in [-0.25, -0.2) is 0 Å². The predicted octanol–water partition coefficient (Wildman–Crippen LogP) is 2.73. The van der Waals surface area contributed by atoms with E-state index in [1.54, 1.807) is 11.9 Å². The van der Waals surface area contributed by atoms with E-state index >= 15 is 0 Å². The summed E-state index contributed by atoms with van der Waals surface area (Å²) in [6.07, 6.45) is 2.08. The van der Waals surface area contributed by atoms with Gasteiger partial charge in [0, 0.05) is 25.3 Å². The third kappa shape index (κ3) is 5.85. The Morgan fingerprint density at radius 2 is 1.59 bits per heavy atom. The summed E-state index contributed by atoms with van der Waals surface area (Å²) in [5.74, 6) is -0.0267. The van der Waals surface area contributed by atoms with Gasteiger partial charge in [0.05, 0.1) is 6.54 Å². The molecule has 1 aromatic rings.